The lowest BCUT2D eigenvalue weighted by molar-refractivity contribution is -0.141. The molecule has 5 heteroatoms. The number of methoxy groups -OCH3 is 1. The number of rotatable bonds is 7. The van der Waals surface area contributed by atoms with E-state index in [1.165, 1.54) is 7.11 Å². The molecule has 13 heavy (non-hydrogen) atoms. The molecule has 0 aromatic rings. The molecule has 0 amide bonds. The fourth-order valence-corrected chi connectivity index (χ4v) is 0.762. The monoisotopic (exact) mass is 188 g/mol. The van der Waals surface area contributed by atoms with E-state index in [9.17, 15) is 9.59 Å². The summed E-state index contributed by atoms with van der Waals surface area (Å²) in [6.07, 6.45) is 0.379. The molecule has 0 saturated carbocycles. The number of hydrogen-bond acceptors (Lipinski definition) is 5. The van der Waals surface area contributed by atoms with Gasteiger partial charge in [-0.1, -0.05) is 0 Å². The highest BCUT2D eigenvalue weighted by molar-refractivity contribution is 5.84. The normalized spacial score (nSPS) is 9.69. The van der Waals surface area contributed by atoms with E-state index in [-0.39, 0.29) is 31.1 Å². The van der Waals surface area contributed by atoms with Crippen molar-refractivity contribution in [2.45, 2.75) is 12.8 Å². The number of nitrogens with two attached hydrogens (primary N) is 1. The molecule has 0 aliphatic heterocycles. The topological polar surface area (TPSA) is 81.4 Å². The molecule has 0 unspecified atom stereocenters. The maximum atomic E-state index is 11.0. The van der Waals surface area contributed by atoms with E-state index in [1.54, 1.807) is 0 Å². The first kappa shape index (κ1) is 12.1. The van der Waals surface area contributed by atoms with Gasteiger partial charge >= 0.3 is 5.97 Å². The summed E-state index contributed by atoms with van der Waals surface area (Å²) < 4.78 is 4.39. The number of Topliss-reactive ketones (excluding diaryl/α,β-unsaturated/α-hetero) is 1. The first-order valence-corrected chi connectivity index (χ1v) is 4.20. The van der Waals surface area contributed by atoms with Gasteiger partial charge in [0.15, 0.2) is 0 Å². The second-order valence-corrected chi connectivity index (χ2v) is 2.58. The van der Waals surface area contributed by atoms with Gasteiger partial charge in [0, 0.05) is 19.5 Å². The lowest BCUT2D eigenvalue weighted by Gasteiger charge is -2.01. The van der Waals surface area contributed by atoms with Crippen LogP contribution < -0.4 is 11.1 Å². The van der Waals surface area contributed by atoms with Crippen LogP contribution in [0, 0.1) is 0 Å². The Morgan fingerprint density at radius 2 is 2.08 bits per heavy atom. The molecule has 0 saturated heterocycles. The van der Waals surface area contributed by atoms with E-state index in [0.717, 1.165) is 0 Å². The molecule has 3 N–H and O–H groups in total. The van der Waals surface area contributed by atoms with Gasteiger partial charge < -0.3 is 15.8 Å². The average Bonchev–Trinajstić information content (AvgIpc) is 2.14. The summed E-state index contributed by atoms with van der Waals surface area (Å²) in [7, 11) is 1.31. The third-order valence-electron chi connectivity index (χ3n) is 1.48. The van der Waals surface area contributed by atoms with Gasteiger partial charge in [0.1, 0.15) is 5.78 Å². The highest BCUT2D eigenvalue weighted by Crippen LogP contribution is 1.92. The zero-order valence-electron chi connectivity index (χ0n) is 7.84. The fourth-order valence-electron chi connectivity index (χ4n) is 0.762. The molecule has 0 heterocycles. The van der Waals surface area contributed by atoms with E-state index in [2.05, 4.69) is 10.1 Å². The first-order valence-electron chi connectivity index (χ1n) is 4.20. The van der Waals surface area contributed by atoms with Crippen molar-refractivity contribution in [3.05, 3.63) is 0 Å². The minimum atomic E-state index is -0.354. The summed E-state index contributed by atoms with van der Waals surface area (Å²) in [5.74, 6) is -0.356. The lowest BCUT2D eigenvalue weighted by atomic mass is 10.2. The molecule has 0 fully saturated rings. The molecule has 5 nitrogen and oxygen atoms in total. The van der Waals surface area contributed by atoms with Crippen molar-refractivity contribution in [2.75, 3.05) is 26.7 Å². The van der Waals surface area contributed by atoms with Crippen molar-refractivity contribution in [2.24, 2.45) is 5.73 Å². The summed E-state index contributed by atoms with van der Waals surface area (Å²) in [6.45, 7) is 1.39. The van der Waals surface area contributed by atoms with E-state index < -0.39 is 0 Å². The van der Waals surface area contributed by atoms with Crippen LogP contribution in [0.1, 0.15) is 12.8 Å². The molecular formula is C8H16N2O3. The third kappa shape index (κ3) is 7.42. The van der Waals surface area contributed by atoms with Gasteiger partial charge in [-0.25, -0.2) is 0 Å². The van der Waals surface area contributed by atoms with E-state index in [1.807, 2.05) is 0 Å². The molecule has 0 bridgehead atoms. The van der Waals surface area contributed by atoms with Crippen LogP contribution in [0.15, 0.2) is 0 Å². The van der Waals surface area contributed by atoms with E-state index >= 15 is 0 Å². The quantitative estimate of drug-likeness (QED) is 0.398. The number of carbonyl (C=O) groups excluding carboxylic acids is 2. The Kier molecular flexibility index (Phi) is 7.14. The van der Waals surface area contributed by atoms with Crippen LogP contribution in [0.2, 0.25) is 0 Å². The fraction of sp³-hybridized carbons (Fsp3) is 0.750. The van der Waals surface area contributed by atoms with E-state index in [4.69, 9.17) is 5.73 Å². The number of hydrogen-bond donors (Lipinski definition) is 2. The maximum Gasteiger partial charge on any atom is 0.305 e. The van der Waals surface area contributed by atoms with Gasteiger partial charge in [-0.15, -0.1) is 0 Å². The standard InChI is InChI=1S/C8H16N2O3/c1-13-8(12)3-2-7(11)6-10-5-4-9/h10H,2-6,9H2,1H3. The Balaban J connectivity index is 3.35. The Labute approximate surface area is 77.6 Å². The Morgan fingerprint density at radius 1 is 1.38 bits per heavy atom. The average molecular weight is 188 g/mol. The molecule has 76 valence electrons. The highest BCUT2D eigenvalue weighted by atomic mass is 16.5. The van der Waals surface area contributed by atoms with Crippen LogP contribution in [-0.4, -0.2) is 38.5 Å². The first-order chi connectivity index (χ1) is 6.20. The van der Waals surface area contributed by atoms with E-state index in [0.29, 0.717) is 13.1 Å². The van der Waals surface area contributed by atoms with Crippen molar-refractivity contribution in [3.63, 3.8) is 0 Å². The number of esters is 1. The number of nitrogens with one attached hydrogen (secondary N) is 1. The Morgan fingerprint density at radius 3 is 2.62 bits per heavy atom. The smallest absolute Gasteiger partial charge is 0.305 e. The molecule has 0 atom stereocenters. The van der Waals surface area contributed by atoms with Gasteiger partial charge in [0.2, 0.25) is 0 Å². The Hall–Kier alpha value is -0.940. The van der Waals surface area contributed by atoms with Crippen molar-refractivity contribution in [3.8, 4) is 0 Å². The number of carbonyl (C=O) groups is 2. The van der Waals surface area contributed by atoms with Crippen molar-refractivity contribution in [1.82, 2.24) is 5.32 Å². The maximum absolute atomic E-state index is 11.0. The minimum Gasteiger partial charge on any atom is -0.469 e. The van der Waals surface area contributed by atoms with Gasteiger partial charge in [0.25, 0.3) is 0 Å². The van der Waals surface area contributed by atoms with Crippen LogP contribution >= 0.6 is 0 Å². The highest BCUT2D eigenvalue weighted by Gasteiger charge is 2.05. The molecule has 0 radical (unpaired) electrons. The third-order valence-corrected chi connectivity index (χ3v) is 1.48. The molecule has 0 spiro atoms. The minimum absolute atomic E-state index is 0.00106. The molecule has 0 aliphatic carbocycles. The van der Waals surface area contributed by atoms with Gasteiger partial charge in [0.05, 0.1) is 20.1 Å². The number of ketones is 1. The molecular weight excluding hydrogens is 172 g/mol. The zero-order chi connectivity index (χ0) is 10.1. The summed E-state index contributed by atoms with van der Waals surface area (Å²) in [4.78, 5) is 21.7. The second-order valence-electron chi connectivity index (χ2n) is 2.58. The summed E-state index contributed by atoms with van der Waals surface area (Å²) in [5.41, 5.74) is 5.21. The lowest BCUT2D eigenvalue weighted by Crippen LogP contribution is -2.28. The Bertz CT molecular complexity index is 171. The summed E-state index contributed by atoms with van der Waals surface area (Å²) in [6, 6.07) is 0. The molecule has 0 aromatic carbocycles. The van der Waals surface area contributed by atoms with Crippen LogP contribution in [0.4, 0.5) is 0 Å². The molecule has 0 aliphatic rings. The number of ether oxygens (including phenoxy) is 1. The molecule has 0 rings (SSSR count). The zero-order valence-corrected chi connectivity index (χ0v) is 7.84. The van der Waals surface area contributed by atoms with Crippen LogP contribution in [0.25, 0.3) is 0 Å². The van der Waals surface area contributed by atoms with Gasteiger partial charge in [-0.3, -0.25) is 9.59 Å². The van der Waals surface area contributed by atoms with Gasteiger partial charge in [-0.2, -0.15) is 0 Å². The van der Waals surface area contributed by atoms with Crippen LogP contribution in [0.5, 0.6) is 0 Å². The molecule has 0 aromatic heterocycles. The van der Waals surface area contributed by atoms with Gasteiger partial charge in [-0.05, 0) is 0 Å². The summed E-state index contributed by atoms with van der Waals surface area (Å²) >= 11 is 0. The van der Waals surface area contributed by atoms with Crippen molar-refractivity contribution >= 4 is 11.8 Å². The SMILES string of the molecule is COC(=O)CCC(=O)CNCCN. The van der Waals surface area contributed by atoms with Crippen molar-refractivity contribution < 1.29 is 14.3 Å². The summed E-state index contributed by atoms with van der Waals surface area (Å²) in [5, 5.41) is 2.85. The van der Waals surface area contributed by atoms with Crippen molar-refractivity contribution in [1.29, 1.82) is 0 Å². The predicted molar refractivity (Wildman–Crippen MR) is 48.2 cm³/mol. The predicted octanol–water partition coefficient (Wildman–Crippen LogP) is -0.943. The largest absolute Gasteiger partial charge is 0.469 e. The van der Waals surface area contributed by atoms with Crippen LogP contribution in [-0.2, 0) is 14.3 Å². The second kappa shape index (κ2) is 7.70. The van der Waals surface area contributed by atoms with Crippen LogP contribution in [0.3, 0.4) is 0 Å².